The van der Waals surface area contributed by atoms with Crippen molar-refractivity contribution >= 4 is 47.8 Å². The van der Waals surface area contributed by atoms with Crippen LogP contribution in [0.5, 0.6) is 0 Å². The summed E-state index contributed by atoms with van der Waals surface area (Å²) in [6.45, 7) is 2.96. The molecule has 1 aliphatic heterocycles. The molecule has 3 rings (SSSR count). The minimum atomic E-state index is -1.30. The summed E-state index contributed by atoms with van der Waals surface area (Å²) in [4.78, 5) is 60.6. The number of fused-ring (bicyclic) bond motifs is 1. The van der Waals surface area contributed by atoms with E-state index in [1.54, 1.807) is 12.1 Å². The summed E-state index contributed by atoms with van der Waals surface area (Å²) >= 11 is 0. The molecule has 182 valence electrons. The van der Waals surface area contributed by atoms with Gasteiger partial charge in [-0.05, 0) is 30.7 Å². The van der Waals surface area contributed by atoms with E-state index in [2.05, 4.69) is 31.2 Å². The molecule has 2 aromatic rings. The van der Waals surface area contributed by atoms with E-state index in [1.807, 2.05) is 6.79 Å². The molecule has 0 fully saturated rings. The maximum atomic E-state index is 12.3. The number of aromatic amines is 1. The molecular formula is C20H25N7O7. The van der Waals surface area contributed by atoms with Crippen molar-refractivity contribution in [2.75, 3.05) is 34.8 Å². The van der Waals surface area contributed by atoms with E-state index in [-0.39, 0.29) is 36.0 Å². The lowest BCUT2D eigenvalue weighted by Gasteiger charge is -2.27. The summed E-state index contributed by atoms with van der Waals surface area (Å²) < 4.78 is 0. The quantitative estimate of drug-likeness (QED) is 0.230. The first-order chi connectivity index (χ1) is 16.2. The molecule has 1 aliphatic rings. The van der Waals surface area contributed by atoms with Crippen molar-refractivity contribution in [2.45, 2.75) is 24.9 Å². The molecule has 0 bridgehead atoms. The molecule has 1 aromatic heterocycles. The monoisotopic (exact) mass is 475 g/mol. The van der Waals surface area contributed by atoms with Gasteiger partial charge in [-0.15, -0.1) is 0 Å². The molecular weight excluding hydrogens is 450 g/mol. The number of hydrogen-bond acceptors (Lipinski definition) is 10. The van der Waals surface area contributed by atoms with Gasteiger partial charge in [0.2, 0.25) is 5.95 Å². The SMILES string of the molecule is C=O.Nc1nc2c(c(=O)[nH]1)NC(CNc1ccc(C(=O)NC(CCC(=O)O)C(=O)O)cc1)CN2. The first kappa shape index (κ1) is 25.6. The Morgan fingerprint density at radius 3 is 2.50 bits per heavy atom. The average Bonchev–Trinajstić information content (AvgIpc) is 2.81. The summed E-state index contributed by atoms with van der Waals surface area (Å²) in [6.07, 6.45) is -0.587. The molecule has 2 atom stereocenters. The lowest BCUT2D eigenvalue weighted by molar-refractivity contribution is -0.140. The number of anilines is 4. The molecule has 9 N–H and O–H groups in total. The van der Waals surface area contributed by atoms with Crippen LogP contribution >= 0.6 is 0 Å². The molecule has 2 heterocycles. The summed E-state index contributed by atoms with van der Waals surface area (Å²) in [5, 5.41) is 29.5. The van der Waals surface area contributed by atoms with Gasteiger partial charge in [0.1, 0.15) is 18.5 Å². The van der Waals surface area contributed by atoms with Crippen LogP contribution in [0.3, 0.4) is 0 Å². The van der Waals surface area contributed by atoms with Gasteiger partial charge in [0.25, 0.3) is 11.5 Å². The predicted octanol–water partition coefficient (Wildman–Crippen LogP) is -0.467. The lowest BCUT2D eigenvalue weighted by atomic mass is 10.1. The van der Waals surface area contributed by atoms with Crippen molar-refractivity contribution in [3.8, 4) is 0 Å². The molecule has 34 heavy (non-hydrogen) atoms. The van der Waals surface area contributed by atoms with E-state index in [0.29, 0.717) is 30.3 Å². The van der Waals surface area contributed by atoms with Crippen LogP contribution < -0.4 is 32.6 Å². The van der Waals surface area contributed by atoms with Crippen molar-refractivity contribution in [1.29, 1.82) is 0 Å². The van der Waals surface area contributed by atoms with Crippen LogP contribution in [0.4, 0.5) is 23.1 Å². The van der Waals surface area contributed by atoms with Crippen molar-refractivity contribution in [3.05, 3.63) is 40.2 Å². The Hall–Kier alpha value is -4.62. The minimum Gasteiger partial charge on any atom is -0.481 e. The molecule has 1 amide bonds. The average molecular weight is 475 g/mol. The standard InChI is InChI=1S/C19H23N7O6.CH2O/c20-19-25-15-14(17(30)26-19)23-11(8-22-15)7-21-10-3-1-9(2-4-10)16(29)24-12(18(31)32)5-6-13(27)28;1-2/h1-4,11-12,21,23H,5-8H2,(H,24,29)(H,27,28)(H,31,32)(H4,20,22,25,26,30);1H2. The maximum Gasteiger partial charge on any atom is 0.326 e. The number of nitrogens with zero attached hydrogens (tertiary/aromatic N) is 1. The van der Waals surface area contributed by atoms with Crippen LogP contribution in [-0.2, 0) is 14.4 Å². The second-order valence-electron chi connectivity index (χ2n) is 7.15. The third kappa shape index (κ3) is 6.94. The number of nitrogens with one attached hydrogen (secondary N) is 5. The normalized spacial score (nSPS) is 14.6. The van der Waals surface area contributed by atoms with E-state index < -0.39 is 23.9 Å². The second kappa shape index (κ2) is 11.8. The van der Waals surface area contributed by atoms with Gasteiger partial charge in [0.15, 0.2) is 5.82 Å². The summed E-state index contributed by atoms with van der Waals surface area (Å²) in [5.41, 5.74) is 6.40. The topological polar surface area (TPSA) is 229 Å². The summed E-state index contributed by atoms with van der Waals surface area (Å²) in [7, 11) is 0. The molecule has 14 heteroatoms. The minimum absolute atomic E-state index is 0.0281. The third-order valence-electron chi connectivity index (χ3n) is 4.75. The Balaban J connectivity index is 0.00000199. The highest BCUT2D eigenvalue weighted by atomic mass is 16.4. The van der Waals surface area contributed by atoms with Gasteiger partial charge in [-0.2, -0.15) is 4.98 Å². The maximum absolute atomic E-state index is 12.3. The molecule has 1 aromatic carbocycles. The van der Waals surface area contributed by atoms with Gasteiger partial charge < -0.3 is 42.0 Å². The van der Waals surface area contributed by atoms with Crippen LogP contribution in [0.1, 0.15) is 23.2 Å². The van der Waals surface area contributed by atoms with E-state index in [9.17, 15) is 19.2 Å². The van der Waals surface area contributed by atoms with Gasteiger partial charge in [-0.3, -0.25) is 19.4 Å². The van der Waals surface area contributed by atoms with E-state index in [0.717, 1.165) is 0 Å². The lowest BCUT2D eigenvalue weighted by Crippen LogP contribution is -2.41. The fourth-order valence-corrected chi connectivity index (χ4v) is 3.10. The Bertz CT molecular complexity index is 1090. The van der Waals surface area contributed by atoms with Crippen molar-refractivity contribution in [1.82, 2.24) is 15.3 Å². The van der Waals surface area contributed by atoms with Gasteiger partial charge >= 0.3 is 11.9 Å². The fraction of sp³-hybridized carbons (Fsp3) is 0.300. The molecule has 0 saturated carbocycles. The first-order valence-electron chi connectivity index (χ1n) is 10.0. The number of aromatic nitrogens is 2. The van der Waals surface area contributed by atoms with Gasteiger partial charge in [-0.25, -0.2) is 4.79 Å². The zero-order valence-corrected chi connectivity index (χ0v) is 18.0. The van der Waals surface area contributed by atoms with Gasteiger partial charge in [0, 0.05) is 30.8 Å². The number of benzene rings is 1. The molecule has 0 saturated heterocycles. The number of carbonyl (C=O) groups is 4. The number of carbonyl (C=O) groups excluding carboxylic acids is 2. The van der Waals surface area contributed by atoms with Crippen molar-refractivity contribution < 1.29 is 29.4 Å². The number of carboxylic acid groups (broad SMARTS) is 2. The number of hydrogen-bond donors (Lipinski definition) is 8. The van der Waals surface area contributed by atoms with Gasteiger partial charge in [0.05, 0.1) is 6.04 Å². The van der Waals surface area contributed by atoms with Crippen LogP contribution in [0.15, 0.2) is 29.1 Å². The molecule has 0 radical (unpaired) electrons. The molecule has 0 spiro atoms. The Morgan fingerprint density at radius 2 is 1.88 bits per heavy atom. The van der Waals surface area contributed by atoms with Gasteiger partial charge in [-0.1, -0.05) is 0 Å². The molecule has 2 unspecified atom stereocenters. The number of H-pyrrole nitrogens is 1. The van der Waals surface area contributed by atoms with E-state index in [4.69, 9.17) is 20.7 Å². The molecule has 14 nitrogen and oxygen atoms in total. The smallest absolute Gasteiger partial charge is 0.326 e. The highest BCUT2D eigenvalue weighted by Crippen LogP contribution is 2.20. The van der Waals surface area contributed by atoms with Crippen LogP contribution in [0, 0.1) is 0 Å². The van der Waals surface area contributed by atoms with Crippen molar-refractivity contribution in [3.63, 3.8) is 0 Å². The van der Waals surface area contributed by atoms with Crippen molar-refractivity contribution in [2.24, 2.45) is 0 Å². The Labute approximate surface area is 193 Å². The number of amides is 1. The summed E-state index contributed by atoms with van der Waals surface area (Å²) in [5.74, 6) is -2.64. The largest absolute Gasteiger partial charge is 0.481 e. The van der Waals surface area contributed by atoms with Crippen LogP contribution in [-0.4, -0.2) is 70.0 Å². The highest BCUT2D eigenvalue weighted by molar-refractivity contribution is 5.96. The van der Waals surface area contributed by atoms with Crippen LogP contribution in [0.2, 0.25) is 0 Å². The van der Waals surface area contributed by atoms with E-state index in [1.165, 1.54) is 12.1 Å². The Kier molecular flexibility index (Phi) is 8.93. The number of nitrogen functional groups attached to an aromatic ring is 1. The molecule has 0 aliphatic carbocycles. The second-order valence-corrected chi connectivity index (χ2v) is 7.15. The number of nitrogens with two attached hydrogens (primary N) is 1. The number of aliphatic carboxylic acids is 2. The zero-order valence-electron chi connectivity index (χ0n) is 18.0. The zero-order chi connectivity index (χ0) is 25.3. The fourth-order valence-electron chi connectivity index (χ4n) is 3.10. The number of carboxylic acids is 2. The van der Waals surface area contributed by atoms with Crippen LogP contribution in [0.25, 0.3) is 0 Å². The number of rotatable bonds is 9. The Morgan fingerprint density at radius 1 is 1.21 bits per heavy atom. The predicted molar refractivity (Wildman–Crippen MR) is 123 cm³/mol. The highest BCUT2D eigenvalue weighted by Gasteiger charge is 2.23. The van der Waals surface area contributed by atoms with E-state index >= 15 is 0 Å². The third-order valence-corrected chi connectivity index (χ3v) is 4.75. The first-order valence-corrected chi connectivity index (χ1v) is 10.0. The summed E-state index contributed by atoms with van der Waals surface area (Å²) in [6, 6.07) is 4.93.